The summed E-state index contributed by atoms with van der Waals surface area (Å²) in [4.78, 5) is 20.6. The minimum Gasteiger partial charge on any atom is -0.448 e. The quantitative estimate of drug-likeness (QED) is 0.847. The van der Waals surface area contributed by atoms with Gasteiger partial charge in [-0.3, -0.25) is 9.69 Å². The highest BCUT2D eigenvalue weighted by molar-refractivity contribution is 5.78. The lowest BCUT2D eigenvalue weighted by Gasteiger charge is -2.34. The summed E-state index contributed by atoms with van der Waals surface area (Å²) in [5.74, 6) is 0.794. The molecule has 1 aromatic heterocycles. The summed E-state index contributed by atoms with van der Waals surface area (Å²) in [5.41, 5.74) is 2.02. The van der Waals surface area contributed by atoms with Gasteiger partial charge in [-0.2, -0.15) is 0 Å². The second kappa shape index (κ2) is 7.93. The van der Waals surface area contributed by atoms with Gasteiger partial charge in [-0.15, -0.1) is 0 Å². The predicted octanol–water partition coefficient (Wildman–Crippen LogP) is 2.38. The van der Waals surface area contributed by atoms with Gasteiger partial charge in [0.25, 0.3) is 0 Å². The number of hydrogen-bond donors (Lipinski definition) is 0. The standard InChI is InChI=1S/C19H23N3O2/c1-16-18(24-15-20-16)14-19(23)22-12-10-21(11-13-22)9-5-8-17-6-3-2-4-7-17/h2-8,15H,9-14H2,1H3/b8-5+. The van der Waals surface area contributed by atoms with Crippen LogP contribution in [0.1, 0.15) is 17.0 Å². The molecule has 0 aliphatic carbocycles. The van der Waals surface area contributed by atoms with Gasteiger partial charge < -0.3 is 9.32 Å². The summed E-state index contributed by atoms with van der Waals surface area (Å²) in [6.45, 7) is 6.12. The predicted molar refractivity (Wildman–Crippen MR) is 93.4 cm³/mol. The minimum absolute atomic E-state index is 0.120. The van der Waals surface area contributed by atoms with Gasteiger partial charge in [0, 0.05) is 32.7 Å². The van der Waals surface area contributed by atoms with E-state index in [0.29, 0.717) is 12.2 Å². The van der Waals surface area contributed by atoms with Gasteiger partial charge in [0.2, 0.25) is 5.91 Å². The summed E-state index contributed by atoms with van der Waals surface area (Å²) in [6, 6.07) is 10.3. The van der Waals surface area contributed by atoms with Crippen LogP contribution in [-0.2, 0) is 11.2 Å². The average Bonchev–Trinajstić information content (AvgIpc) is 3.01. The van der Waals surface area contributed by atoms with Crippen LogP contribution in [0.4, 0.5) is 0 Å². The maximum absolute atomic E-state index is 12.3. The fourth-order valence-corrected chi connectivity index (χ4v) is 2.83. The molecule has 0 radical (unpaired) electrons. The minimum atomic E-state index is 0.120. The van der Waals surface area contributed by atoms with Crippen LogP contribution in [0, 0.1) is 6.92 Å². The fraction of sp³-hybridized carbons (Fsp3) is 0.368. The molecule has 1 amide bonds. The van der Waals surface area contributed by atoms with Crippen LogP contribution in [0.15, 0.2) is 47.2 Å². The molecule has 5 nitrogen and oxygen atoms in total. The molecular formula is C19H23N3O2. The van der Waals surface area contributed by atoms with Crippen LogP contribution >= 0.6 is 0 Å². The normalized spacial score (nSPS) is 16.0. The Morgan fingerprint density at radius 1 is 1.21 bits per heavy atom. The van der Waals surface area contributed by atoms with E-state index in [2.05, 4.69) is 34.2 Å². The van der Waals surface area contributed by atoms with Gasteiger partial charge in [0.1, 0.15) is 5.76 Å². The van der Waals surface area contributed by atoms with Crippen molar-refractivity contribution in [2.24, 2.45) is 0 Å². The Balaban J connectivity index is 1.43. The molecule has 0 atom stereocenters. The highest BCUT2D eigenvalue weighted by Gasteiger charge is 2.22. The molecular weight excluding hydrogens is 302 g/mol. The number of oxazole rings is 1. The summed E-state index contributed by atoms with van der Waals surface area (Å²) in [7, 11) is 0. The molecule has 126 valence electrons. The number of amides is 1. The highest BCUT2D eigenvalue weighted by atomic mass is 16.3. The van der Waals surface area contributed by atoms with Gasteiger partial charge >= 0.3 is 0 Å². The first-order valence-corrected chi connectivity index (χ1v) is 8.33. The molecule has 0 spiro atoms. The lowest BCUT2D eigenvalue weighted by Crippen LogP contribution is -2.49. The third-order valence-electron chi connectivity index (χ3n) is 4.36. The number of benzene rings is 1. The van der Waals surface area contributed by atoms with E-state index in [1.165, 1.54) is 12.0 Å². The number of aryl methyl sites for hydroxylation is 1. The van der Waals surface area contributed by atoms with Crippen molar-refractivity contribution in [2.45, 2.75) is 13.3 Å². The molecule has 3 rings (SSSR count). The maximum Gasteiger partial charge on any atom is 0.230 e. The van der Waals surface area contributed by atoms with Crippen molar-refractivity contribution < 1.29 is 9.21 Å². The Bertz CT molecular complexity index is 686. The smallest absolute Gasteiger partial charge is 0.230 e. The van der Waals surface area contributed by atoms with Crippen molar-refractivity contribution in [1.29, 1.82) is 0 Å². The average molecular weight is 325 g/mol. The summed E-state index contributed by atoms with van der Waals surface area (Å²) < 4.78 is 5.26. The van der Waals surface area contributed by atoms with Gasteiger partial charge in [0.15, 0.2) is 6.39 Å². The molecule has 24 heavy (non-hydrogen) atoms. The molecule has 0 bridgehead atoms. The van der Waals surface area contributed by atoms with Crippen LogP contribution in [0.3, 0.4) is 0 Å². The Kier molecular flexibility index (Phi) is 5.43. The van der Waals surface area contributed by atoms with Crippen molar-refractivity contribution in [2.75, 3.05) is 32.7 Å². The fourth-order valence-electron chi connectivity index (χ4n) is 2.83. The molecule has 5 heteroatoms. The molecule has 1 fully saturated rings. The molecule has 2 aromatic rings. The van der Waals surface area contributed by atoms with E-state index in [9.17, 15) is 4.79 Å². The summed E-state index contributed by atoms with van der Waals surface area (Å²) in [6.07, 6.45) is 6.03. The van der Waals surface area contributed by atoms with Gasteiger partial charge in [-0.25, -0.2) is 4.98 Å². The third kappa shape index (κ3) is 4.32. The third-order valence-corrected chi connectivity index (χ3v) is 4.36. The molecule has 0 unspecified atom stereocenters. The van der Waals surface area contributed by atoms with E-state index in [4.69, 9.17) is 4.42 Å². The Hall–Kier alpha value is -2.40. The molecule has 0 N–H and O–H groups in total. The molecule has 1 aliphatic rings. The van der Waals surface area contributed by atoms with Crippen LogP contribution in [0.5, 0.6) is 0 Å². The van der Waals surface area contributed by atoms with Crippen molar-refractivity contribution in [1.82, 2.24) is 14.8 Å². The number of aromatic nitrogens is 1. The zero-order valence-corrected chi connectivity index (χ0v) is 14.0. The second-order valence-corrected chi connectivity index (χ2v) is 6.03. The number of carbonyl (C=O) groups excluding carboxylic acids is 1. The summed E-state index contributed by atoms with van der Waals surface area (Å²) in [5, 5.41) is 0. The van der Waals surface area contributed by atoms with E-state index in [-0.39, 0.29) is 5.91 Å². The molecule has 0 saturated carbocycles. The highest BCUT2D eigenvalue weighted by Crippen LogP contribution is 2.10. The largest absolute Gasteiger partial charge is 0.448 e. The number of carbonyl (C=O) groups is 1. The van der Waals surface area contributed by atoms with E-state index < -0.39 is 0 Å². The summed E-state index contributed by atoms with van der Waals surface area (Å²) >= 11 is 0. The molecule has 1 aliphatic heterocycles. The molecule has 1 saturated heterocycles. The zero-order chi connectivity index (χ0) is 16.8. The monoisotopic (exact) mass is 325 g/mol. The van der Waals surface area contributed by atoms with Crippen LogP contribution in [0.25, 0.3) is 6.08 Å². The van der Waals surface area contributed by atoms with Crippen LogP contribution < -0.4 is 0 Å². The first kappa shape index (κ1) is 16.5. The lowest BCUT2D eigenvalue weighted by molar-refractivity contribution is -0.132. The Labute approximate surface area is 142 Å². The molecule has 1 aromatic carbocycles. The molecule has 2 heterocycles. The SMILES string of the molecule is Cc1ncoc1CC(=O)N1CCN(C/C=C/c2ccccc2)CC1. The van der Waals surface area contributed by atoms with Crippen molar-refractivity contribution in [3.05, 3.63) is 59.8 Å². The number of nitrogens with zero attached hydrogens (tertiary/aromatic N) is 3. The van der Waals surface area contributed by atoms with Crippen molar-refractivity contribution in [3.63, 3.8) is 0 Å². The topological polar surface area (TPSA) is 49.6 Å². The zero-order valence-electron chi connectivity index (χ0n) is 14.0. The number of piperazine rings is 1. The van der Waals surface area contributed by atoms with E-state index >= 15 is 0 Å². The van der Waals surface area contributed by atoms with Gasteiger partial charge in [-0.05, 0) is 12.5 Å². The van der Waals surface area contributed by atoms with E-state index in [0.717, 1.165) is 38.4 Å². The first-order chi connectivity index (χ1) is 11.7. The Morgan fingerprint density at radius 3 is 2.62 bits per heavy atom. The maximum atomic E-state index is 12.3. The van der Waals surface area contributed by atoms with Crippen molar-refractivity contribution >= 4 is 12.0 Å². The number of rotatable bonds is 5. The van der Waals surface area contributed by atoms with E-state index in [1.54, 1.807) is 0 Å². The van der Waals surface area contributed by atoms with Gasteiger partial charge in [-0.1, -0.05) is 42.5 Å². The van der Waals surface area contributed by atoms with Crippen LogP contribution in [-0.4, -0.2) is 53.4 Å². The van der Waals surface area contributed by atoms with Crippen LogP contribution in [0.2, 0.25) is 0 Å². The van der Waals surface area contributed by atoms with Gasteiger partial charge in [0.05, 0.1) is 12.1 Å². The van der Waals surface area contributed by atoms with Crippen molar-refractivity contribution in [3.8, 4) is 0 Å². The lowest BCUT2D eigenvalue weighted by atomic mass is 10.2. The van der Waals surface area contributed by atoms with E-state index in [1.807, 2.05) is 30.0 Å². The second-order valence-electron chi connectivity index (χ2n) is 6.03. The first-order valence-electron chi connectivity index (χ1n) is 8.33. The number of hydrogen-bond acceptors (Lipinski definition) is 4. The Morgan fingerprint density at radius 2 is 1.96 bits per heavy atom.